The first-order valence-electron chi connectivity index (χ1n) is 6.31. The molecule has 0 spiro atoms. The van der Waals surface area contributed by atoms with Gasteiger partial charge in [0.25, 0.3) is 0 Å². The zero-order chi connectivity index (χ0) is 13.4. The topological polar surface area (TPSA) is 3.88 Å². The SMILES string of the molecule is Cc1cc(Br)ccc1-c1c2ccccc2cc[n+]1C. The molecule has 0 radical (unpaired) electrons. The highest BCUT2D eigenvalue weighted by molar-refractivity contribution is 9.10. The number of aryl methyl sites for hydroxylation is 2. The molecule has 0 unspecified atom stereocenters. The van der Waals surface area contributed by atoms with Gasteiger partial charge in [-0.1, -0.05) is 34.1 Å². The van der Waals surface area contributed by atoms with Gasteiger partial charge in [0.05, 0.1) is 5.39 Å². The standard InChI is InChI=1S/C17H15BrN/c1-12-11-14(18)7-8-15(12)17-16-6-4-3-5-13(16)9-10-19(17)2/h3-11H,1-2H3/q+1. The Morgan fingerprint density at radius 2 is 1.79 bits per heavy atom. The summed E-state index contributed by atoms with van der Waals surface area (Å²) in [7, 11) is 2.10. The van der Waals surface area contributed by atoms with Gasteiger partial charge >= 0.3 is 0 Å². The number of pyridine rings is 1. The van der Waals surface area contributed by atoms with Crippen LogP contribution in [0.3, 0.4) is 0 Å². The van der Waals surface area contributed by atoms with Gasteiger partial charge in [0, 0.05) is 16.1 Å². The number of nitrogens with zero attached hydrogens (tertiary/aromatic N) is 1. The molecule has 0 aliphatic rings. The van der Waals surface area contributed by atoms with Gasteiger partial charge < -0.3 is 0 Å². The van der Waals surface area contributed by atoms with Crippen molar-refractivity contribution < 1.29 is 4.57 Å². The fourth-order valence-corrected chi connectivity index (χ4v) is 3.02. The number of aromatic nitrogens is 1. The second-order valence-corrected chi connectivity index (χ2v) is 5.74. The maximum absolute atomic E-state index is 3.53. The van der Waals surface area contributed by atoms with E-state index in [2.05, 4.69) is 89.2 Å². The van der Waals surface area contributed by atoms with Crippen molar-refractivity contribution >= 4 is 26.7 Å². The van der Waals surface area contributed by atoms with Crippen LogP contribution in [0.15, 0.2) is 59.2 Å². The monoisotopic (exact) mass is 312 g/mol. The molecule has 0 aliphatic heterocycles. The fraction of sp³-hybridized carbons (Fsp3) is 0.118. The predicted molar refractivity (Wildman–Crippen MR) is 83.0 cm³/mol. The average Bonchev–Trinajstić information content (AvgIpc) is 2.40. The summed E-state index contributed by atoms with van der Waals surface area (Å²) in [4.78, 5) is 0. The molecule has 1 heterocycles. The lowest BCUT2D eigenvalue weighted by Gasteiger charge is -2.08. The van der Waals surface area contributed by atoms with E-state index < -0.39 is 0 Å². The summed E-state index contributed by atoms with van der Waals surface area (Å²) in [5.41, 5.74) is 3.83. The van der Waals surface area contributed by atoms with E-state index >= 15 is 0 Å². The van der Waals surface area contributed by atoms with Gasteiger partial charge in [-0.25, -0.2) is 4.57 Å². The van der Waals surface area contributed by atoms with Crippen molar-refractivity contribution in [1.82, 2.24) is 0 Å². The smallest absolute Gasteiger partial charge is 0.200 e. The Balaban J connectivity index is 2.38. The molecule has 3 aromatic rings. The van der Waals surface area contributed by atoms with E-state index in [1.807, 2.05) is 0 Å². The minimum absolute atomic E-state index is 1.12. The van der Waals surface area contributed by atoms with E-state index in [9.17, 15) is 0 Å². The van der Waals surface area contributed by atoms with Crippen LogP contribution in [0.25, 0.3) is 22.0 Å². The highest BCUT2D eigenvalue weighted by Crippen LogP contribution is 2.29. The third-order valence-electron chi connectivity index (χ3n) is 3.49. The number of rotatable bonds is 1. The Bertz CT molecular complexity index is 762. The van der Waals surface area contributed by atoms with Crippen LogP contribution >= 0.6 is 15.9 Å². The molecule has 94 valence electrons. The van der Waals surface area contributed by atoms with E-state index in [-0.39, 0.29) is 0 Å². The summed E-state index contributed by atoms with van der Waals surface area (Å²) in [5.74, 6) is 0. The summed E-state index contributed by atoms with van der Waals surface area (Å²) >= 11 is 3.53. The van der Waals surface area contributed by atoms with Crippen molar-refractivity contribution in [3.8, 4) is 11.3 Å². The molecule has 1 aromatic heterocycles. The van der Waals surface area contributed by atoms with E-state index in [4.69, 9.17) is 0 Å². The molecule has 0 N–H and O–H groups in total. The molecule has 0 saturated carbocycles. The number of halogens is 1. The molecular weight excluding hydrogens is 298 g/mol. The van der Waals surface area contributed by atoms with Crippen LogP contribution in [-0.4, -0.2) is 0 Å². The van der Waals surface area contributed by atoms with Gasteiger partial charge in [0.2, 0.25) is 5.69 Å². The number of hydrogen-bond donors (Lipinski definition) is 0. The molecule has 0 amide bonds. The van der Waals surface area contributed by atoms with Crippen LogP contribution in [0, 0.1) is 6.92 Å². The second kappa shape index (κ2) is 4.78. The summed E-state index contributed by atoms with van der Waals surface area (Å²) in [6.45, 7) is 2.15. The fourth-order valence-electron chi connectivity index (χ4n) is 2.54. The number of hydrogen-bond acceptors (Lipinski definition) is 0. The lowest BCUT2D eigenvalue weighted by atomic mass is 10.00. The lowest BCUT2D eigenvalue weighted by molar-refractivity contribution is -0.659. The minimum Gasteiger partial charge on any atom is -0.200 e. The Labute approximate surface area is 121 Å². The Kier molecular flexibility index (Phi) is 3.11. The van der Waals surface area contributed by atoms with Crippen molar-refractivity contribution in [2.45, 2.75) is 6.92 Å². The average molecular weight is 313 g/mol. The summed E-state index contributed by atoms with van der Waals surface area (Å²) in [5, 5.41) is 2.57. The zero-order valence-electron chi connectivity index (χ0n) is 11.0. The van der Waals surface area contributed by atoms with Crippen LogP contribution < -0.4 is 4.57 Å². The largest absolute Gasteiger partial charge is 0.220 e. The molecule has 0 atom stereocenters. The van der Waals surface area contributed by atoms with Crippen LogP contribution in [0.1, 0.15) is 5.56 Å². The van der Waals surface area contributed by atoms with E-state index in [1.54, 1.807) is 0 Å². The van der Waals surface area contributed by atoms with Gasteiger partial charge in [0.15, 0.2) is 6.20 Å². The first kappa shape index (κ1) is 12.4. The van der Waals surface area contributed by atoms with E-state index in [1.165, 1.54) is 27.6 Å². The first-order valence-corrected chi connectivity index (χ1v) is 7.10. The molecule has 2 heteroatoms. The maximum Gasteiger partial charge on any atom is 0.220 e. The summed E-state index contributed by atoms with van der Waals surface area (Å²) < 4.78 is 3.31. The zero-order valence-corrected chi connectivity index (χ0v) is 12.6. The molecule has 19 heavy (non-hydrogen) atoms. The minimum atomic E-state index is 1.12. The van der Waals surface area contributed by atoms with Crippen molar-refractivity contribution in [1.29, 1.82) is 0 Å². The van der Waals surface area contributed by atoms with Crippen LogP contribution in [-0.2, 0) is 7.05 Å². The molecule has 1 nitrogen and oxygen atoms in total. The van der Waals surface area contributed by atoms with Crippen molar-refractivity contribution in [2.75, 3.05) is 0 Å². The van der Waals surface area contributed by atoms with Crippen LogP contribution in [0.2, 0.25) is 0 Å². The molecule has 0 aliphatic carbocycles. The van der Waals surface area contributed by atoms with Gasteiger partial charge in [-0.2, -0.15) is 0 Å². The van der Waals surface area contributed by atoms with Gasteiger partial charge in [-0.15, -0.1) is 0 Å². The van der Waals surface area contributed by atoms with Gasteiger partial charge in [0.1, 0.15) is 7.05 Å². The number of fused-ring (bicyclic) bond motifs is 1. The van der Waals surface area contributed by atoms with Crippen molar-refractivity contribution in [3.63, 3.8) is 0 Å². The van der Waals surface area contributed by atoms with Crippen LogP contribution in [0.4, 0.5) is 0 Å². The Morgan fingerprint density at radius 1 is 1.00 bits per heavy atom. The maximum atomic E-state index is 3.53. The molecular formula is C17H15BrN+. The Hall–Kier alpha value is -1.67. The van der Waals surface area contributed by atoms with E-state index in [0.29, 0.717) is 0 Å². The summed E-state index contributed by atoms with van der Waals surface area (Å²) in [6, 6.07) is 17.1. The number of benzene rings is 2. The first-order chi connectivity index (χ1) is 9.16. The third kappa shape index (κ3) is 2.17. The van der Waals surface area contributed by atoms with Crippen molar-refractivity contribution in [3.05, 3.63) is 64.8 Å². The predicted octanol–water partition coefficient (Wildman–Crippen LogP) is 4.40. The highest BCUT2D eigenvalue weighted by atomic mass is 79.9. The Morgan fingerprint density at radius 3 is 2.58 bits per heavy atom. The molecule has 3 rings (SSSR count). The normalized spacial score (nSPS) is 10.9. The molecule has 0 bridgehead atoms. The molecule has 2 aromatic carbocycles. The van der Waals surface area contributed by atoms with E-state index in [0.717, 1.165) is 4.47 Å². The van der Waals surface area contributed by atoms with Gasteiger partial charge in [-0.3, -0.25) is 0 Å². The highest BCUT2D eigenvalue weighted by Gasteiger charge is 2.16. The third-order valence-corrected chi connectivity index (χ3v) is 3.98. The molecule has 0 fully saturated rings. The lowest BCUT2D eigenvalue weighted by Crippen LogP contribution is -2.30. The molecule has 0 saturated heterocycles. The van der Waals surface area contributed by atoms with Crippen molar-refractivity contribution in [2.24, 2.45) is 7.05 Å². The van der Waals surface area contributed by atoms with Crippen LogP contribution in [0.5, 0.6) is 0 Å². The second-order valence-electron chi connectivity index (χ2n) is 4.82. The summed E-state index contributed by atoms with van der Waals surface area (Å²) in [6.07, 6.45) is 2.12. The quantitative estimate of drug-likeness (QED) is 0.586. The van der Waals surface area contributed by atoms with Gasteiger partial charge in [-0.05, 0) is 42.1 Å².